The molecule has 3 N–H and O–H groups in total. The van der Waals surface area contributed by atoms with E-state index in [1.54, 1.807) is 42.5 Å². The fourth-order valence-electron chi connectivity index (χ4n) is 1.77. The van der Waals surface area contributed by atoms with E-state index in [2.05, 4.69) is 0 Å². The smallest absolute Gasteiger partial charge is 1.00 e. The van der Waals surface area contributed by atoms with Crippen LogP contribution in [0.25, 0.3) is 0 Å². The van der Waals surface area contributed by atoms with E-state index in [4.69, 9.17) is 10.8 Å². The Hall–Kier alpha value is -1.69. The van der Waals surface area contributed by atoms with E-state index in [9.17, 15) is 9.59 Å². The zero-order chi connectivity index (χ0) is 13.8. The monoisotopic (exact) mass is 281 g/mol. The van der Waals surface area contributed by atoms with Gasteiger partial charge in [-0.15, -0.1) is 0 Å². The molecule has 0 spiro atoms. The SMILES string of the molecule is NC(C(=O)O)c1cccc(C(=O)c2ccccc2)c1.[H-].[H-].[Mg+2]. The maximum atomic E-state index is 12.2. The van der Waals surface area contributed by atoms with Gasteiger partial charge in [0.05, 0.1) is 0 Å². The van der Waals surface area contributed by atoms with Crippen molar-refractivity contribution in [2.24, 2.45) is 5.73 Å². The number of rotatable bonds is 4. The fourth-order valence-corrected chi connectivity index (χ4v) is 1.77. The Labute approximate surface area is 135 Å². The average Bonchev–Trinajstić information content (AvgIpc) is 2.46. The van der Waals surface area contributed by atoms with Gasteiger partial charge in [-0.1, -0.05) is 48.5 Å². The van der Waals surface area contributed by atoms with E-state index in [0.717, 1.165) is 0 Å². The molecule has 4 nitrogen and oxygen atoms in total. The number of benzene rings is 2. The average molecular weight is 282 g/mol. The van der Waals surface area contributed by atoms with Gasteiger partial charge >= 0.3 is 29.0 Å². The third kappa shape index (κ3) is 3.66. The van der Waals surface area contributed by atoms with Gasteiger partial charge in [0, 0.05) is 11.1 Å². The van der Waals surface area contributed by atoms with Crippen LogP contribution in [0.4, 0.5) is 0 Å². The van der Waals surface area contributed by atoms with E-state index in [1.807, 2.05) is 6.07 Å². The summed E-state index contributed by atoms with van der Waals surface area (Å²) in [6.45, 7) is 0. The van der Waals surface area contributed by atoms with E-state index >= 15 is 0 Å². The van der Waals surface area contributed by atoms with E-state index < -0.39 is 12.0 Å². The van der Waals surface area contributed by atoms with E-state index in [0.29, 0.717) is 16.7 Å². The minimum absolute atomic E-state index is 0. The normalized spacial score (nSPS) is 11.2. The van der Waals surface area contributed by atoms with E-state index in [1.165, 1.54) is 6.07 Å². The number of hydrogen-bond acceptors (Lipinski definition) is 3. The van der Waals surface area contributed by atoms with Crippen LogP contribution in [0.15, 0.2) is 54.6 Å². The fraction of sp³-hybridized carbons (Fsp3) is 0.0667. The molecular formula is C15H15MgNO3. The molecule has 0 fully saturated rings. The van der Waals surface area contributed by atoms with Gasteiger partial charge < -0.3 is 13.7 Å². The Morgan fingerprint density at radius 2 is 1.60 bits per heavy atom. The van der Waals surface area contributed by atoms with Gasteiger partial charge in [0.25, 0.3) is 0 Å². The van der Waals surface area contributed by atoms with Gasteiger partial charge in [-0.3, -0.25) is 9.59 Å². The first-order chi connectivity index (χ1) is 9.09. The Morgan fingerprint density at radius 3 is 2.20 bits per heavy atom. The molecule has 0 aromatic heterocycles. The van der Waals surface area contributed by atoms with Crippen molar-refractivity contribution in [1.29, 1.82) is 0 Å². The van der Waals surface area contributed by atoms with Crippen molar-refractivity contribution < 1.29 is 17.5 Å². The van der Waals surface area contributed by atoms with Gasteiger partial charge in [0.1, 0.15) is 6.04 Å². The standard InChI is InChI=1S/C15H13NO3.Mg.2H/c16-13(15(18)19)11-7-4-8-12(9-11)14(17)10-5-2-1-3-6-10;;;/h1-9,13H,16H2,(H,18,19);;;/q;+2;2*-1. The summed E-state index contributed by atoms with van der Waals surface area (Å²) in [4.78, 5) is 23.0. The molecule has 0 aliphatic rings. The second-order valence-electron chi connectivity index (χ2n) is 4.14. The Balaban J connectivity index is 0. The number of aliphatic carboxylic acids is 1. The number of carbonyl (C=O) groups is 2. The summed E-state index contributed by atoms with van der Waals surface area (Å²) >= 11 is 0. The molecule has 0 aliphatic heterocycles. The molecule has 0 aliphatic carbocycles. The van der Waals surface area contributed by atoms with E-state index in [-0.39, 0.29) is 31.7 Å². The summed E-state index contributed by atoms with van der Waals surface area (Å²) in [6.07, 6.45) is 0. The van der Waals surface area contributed by atoms with Crippen LogP contribution in [0.5, 0.6) is 0 Å². The number of nitrogens with two attached hydrogens (primary N) is 1. The van der Waals surface area contributed by atoms with Crippen molar-refractivity contribution in [1.82, 2.24) is 0 Å². The molecule has 0 radical (unpaired) electrons. The molecule has 1 unspecified atom stereocenters. The van der Waals surface area contributed by atoms with Crippen LogP contribution in [0.3, 0.4) is 0 Å². The van der Waals surface area contributed by atoms with Crippen molar-refractivity contribution >= 4 is 34.8 Å². The summed E-state index contributed by atoms with van der Waals surface area (Å²) in [5.74, 6) is -1.27. The molecule has 20 heavy (non-hydrogen) atoms. The number of carbonyl (C=O) groups excluding carboxylic acids is 1. The molecule has 2 aromatic carbocycles. The van der Waals surface area contributed by atoms with Gasteiger partial charge in [-0.05, 0) is 11.6 Å². The molecular weight excluding hydrogens is 266 g/mol. The van der Waals surface area contributed by atoms with Gasteiger partial charge in [-0.25, -0.2) is 0 Å². The second kappa shape index (κ2) is 7.19. The molecule has 2 aromatic rings. The minimum Gasteiger partial charge on any atom is -1.00 e. The van der Waals surface area contributed by atoms with Crippen LogP contribution in [0, 0.1) is 0 Å². The van der Waals surface area contributed by atoms with Gasteiger partial charge in [0.15, 0.2) is 5.78 Å². The number of carboxylic acid groups (broad SMARTS) is 1. The molecule has 100 valence electrons. The Kier molecular flexibility index (Phi) is 5.88. The summed E-state index contributed by atoms with van der Waals surface area (Å²) in [6, 6.07) is 14.1. The molecule has 5 heteroatoms. The predicted octanol–water partition coefficient (Wildman–Crippen LogP) is 1.85. The Bertz CT molecular complexity index is 623. The van der Waals surface area contributed by atoms with Gasteiger partial charge in [-0.2, -0.15) is 0 Å². The largest absolute Gasteiger partial charge is 2.00 e. The van der Waals surface area contributed by atoms with Crippen LogP contribution < -0.4 is 5.73 Å². The summed E-state index contributed by atoms with van der Waals surface area (Å²) in [5.41, 5.74) is 6.94. The van der Waals surface area contributed by atoms with Crippen LogP contribution in [-0.4, -0.2) is 39.9 Å². The predicted molar refractivity (Wildman–Crippen MR) is 78.9 cm³/mol. The van der Waals surface area contributed by atoms with Crippen molar-refractivity contribution in [2.45, 2.75) is 6.04 Å². The second-order valence-corrected chi connectivity index (χ2v) is 4.14. The maximum Gasteiger partial charge on any atom is 2.00 e. The summed E-state index contributed by atoms with van der Waals surface area (Å²) in [7, 11) is 0. The van der Waals surface area contributed by atoms with Gasteiger partial charge in [0.2, 0.25) is 0 Å². The topological polar surface area (TPSA) is 80.4 Å². The number of ketones is 1. The van der Waals surface area contributed by atoms with Crippen molar-refractivity contribution in [3.05, 3.63) is 71.3 Å². The molecule has 0 saturated carbocycles. The van der Waals surface area contributed by atoms with Crippen molar-refractivity contribution in [3.8, 4) is 0 Å². The molecule has 0 saturated heterocycles. The molecule has 2 rings (SSSR count). The summed E-state index contributed by atoms with van der Waals surface area (Å²) in [5, 5.41) is 8.87. The van der Waals surface area contributed by atoms with Crippen LogP contribution in [0.1, 0.15) is 30.4 Å². The number of carboxylic acids is 1. The van der Waals surface area contributed by atoms with Crippen LogP contribution >= 0.6 is 0 Å². The minimum atomic E-state index is -1.12. The first kappa shape index (κ1) is 16.4. The molecule has 0 bridgehead atoms. The van der Waals surface area contributed by atoms with Crippen molar-refractivity contribution in [2.75, 3.05) is 0 Å². The van der Waals surface area contributed by atoms with Crippen LogP contribution in [-0.2, 0) is 4.79 Å². The summed E-state index contributed by atoms with van der Waals surface area (Å²) < 4.78 is 0. The maximum absolute atomic E-state index is 12.2. The first-order valence-electron chi connectivity index (χ1n) is 5.77. The molecule has 0 heterocycles. The molecule has 0 amide bonds. The molecule has 1 atom stereocenters. The zero-order valence-electron chi connectivity index (χ0n) is 12.8. The number of hydrogen-bond donors (Lipinski definition) is 2. The first-order valence-corrected chi connectivity index (χ1v) is 5.77. The van der Waals surface area contributed by atoms with Crippen molar-refractivity contribution in [3.63, 3.8) is 0 Å². The Morgan fingerprint density at radius 1 is 1.00 bits per heavy atom. The zero-order valence-corrected chi connectivity index (χ0v) is 12.2. The third-order valence-electron chi connectivity index (χ3n) is 2.81. The van der Waals surface area contributed by atoms with Crippen LogP contribution in [0.2, 0.25) is 0 Å². The third-order valence-corrected chi connectivity index (χ3v) is 2.81. The quantitative estimate of drug-likeness (QED) is 0.662.